The van der Waals surface area contributed by atoms with Crippen molar-refractivity contribution in [3.05, 3.63) is 106 Å². The number of ether oxygens (including phenoxy) is 2. The number of fused-ring (bicyclic) bond motifs is 1. The Morgan fingerprint density at radius 3 is 2.40 bits per heavy atom. The lowest BCUT2D eigenvalue weighted by molar-refractivity contribution is -0.163. The van der Waals surface area contributed by atoms with Gasteiger partial charge < -0.3 is 20.1 Å². The molecule has 7 heteroatoms. The number of carbonyl (C=O) groups is 1. The van der Waals surface area contributed by atoms with Gasteiger partial charge >= 0.3 is 0 Å². The minimum atomic E-state index is -0.534. The molecule has 1 amide bonds. The van der Waals surface area contributed by atoms with Gasteiger partial charge in [-0.15, -0.1) is 0 Å². The molecule has 5 rings (SSSR count). The number of amides is 1. The molecule has 214 valence electrons. The Morgan fingerprint density at radius 2 is 1.70 bits per heavy atom. The van der Waals surface area contributed by atoms with Gasteiger partial charge in [-0.25, -0.2) is 8.78 Å². The molecule has 0 bridgehead atoms. The van der Waals surface area contributed by atoms with E-state index in [1.807, 2.05) is 12.1 Å². The minimum absolute atomic E-state index is 0.00459. The predicted octanol–water partition coefficient (Wildman–Crippen LogP) is 6.05. The van der Waals surface area contributed by atoms with Gasteiger partial charge in [-0.1, -0.05) is 43.3 Å². The largest absolute Gasteiger partial charge is 0.350 e. The lowest BCUT2D eigenvalue weighted by Gasteiger charge is -2.33. The third kappa shape index (κ3) is 8.19. The van der Waals surface area contributed by atoms with Crippen LogP contribution in [0.5, 0.6) is 0 Å². The first-order chi connectivity index (χ1) is 19.3. The van der Waals surface area contributed by atoms with E-state index in [4.69, 9.17) is 9.47 Å². The van der Waals surface area contributed by atoms with Crippen LogP contribution in [0.1, 0.15) is 64.9 Å². The summed E-state index contributed by atoms with van der Waals surface area (Å²) in [5.41, 5.74) is 6.34. The SMILES string of the molecule is CCc1cccc(CNCCC(C)NC(=O)c2cccc3c2CC2(CC3)OCCO2)c1.Cc1cc(F)cc(F)c1. The maximum Gasteiger partial charge on any atom is 0.251 e. The highest BCUT2D eigenvalue weighted by atomic mass is 19.1. The van der Waals surface area contributed by atoms with E-state index in [1.165, 1.54) is 28.8 Å². The van der Waals surface area contributed by atoms with E-state index in [0.29, 0.717) is 25.2 Å². The van der Waals surface area contributed by atoms with Crippen LogP contribution >= 0.6 is 0 Å². The van der Waals surface area contributed by atoms with Crippen molar-refractivity contribution < 1.29 is 23.0 Å². The van der Waals surface area contributed by atoms with Crippen LogP contribution in [0.4, 0.5) is 8.78 Å². The van der Waals surface area contributed by atoms with Crippen LogP contribution in [0.25, 0.3) is 0 Å². The molecule has 1 atom stereocenters. The normalized spacial score (nSPS) is 16.1. The zero-order chi connectivity index (χ0) is 28.5. The van der Waals surface area contributed by atoms with E-state index in [9.17, 15) is 13.6 Å². The molecule has 0 aromatic heterocycles. The molecule has 1 aliphatic carbocycles. The fourth-order valence-corrected chi connectivity index (χ4v) is 5.29. The van der Waals surface area contributed by atoms with Gasteiger partial charge in [0.15, 0.2) is 5.79 Å². The summed E-state index contributed by atoms with van der Waals surface area (Å²) < 4.78 is 36.2. The van der Waals surface area contributed by atoms with Crippen LogP contribution in [-0.4, -0.2) is 37.5 Å². The third-order valence-electron chi connectivity index (χ3n) is 7.42. The second-order valence-electron chi connectivity index (χ2n) is 10.7. The molecule has 5 nitrogen and oxygen atoms in total. The molecular formula is C33H40F2N2O3. The van der Waals surface area contributed by atoms with Gasteiger partial charge in [-0.3, -0.25) is 4.79 Å². The van der Waals surface area contributed by atoms with Crippen LogP contribution in [0, 0.1) is 18.6 Å². The number of halogens is 2. The Balaban J connectivity index is 0.000000350. The molecule has 0 saturated carbocycles. The number of hydrogen-bond donors (Lipinski definition) is 2. The fraction of sp³-hybridized carbons (Fsp3) is 0.424. The molecule has 2 aliphatic rings. The molecule has 2 N–H and O–H groups in total. The van der Waals surface area contributed by atoms with Gasteiger partial charge in [0.2, 0.25) is 0 Å². The summed E-state index contributed by atoms with van der Waals surface area (Å²) in [5, 5.41) is 6.68. The molecule has 1 heterocycles. The van der Waals surface area contributed by atoms with Crippen molar-refractivity contribution >= 4 is 5.91 Å². The summed E-state index contributed by atoms with van der Waals surface area (Å²) in [4.78, 5) is 13.0. The van der Waals surface area contributed by atoms with Crippen LogP contribution in [0.15, 0.2) is 60.7 Å². The van der Waals surface area contributed by atoms with Gasteiger partial charge in [0.1, 0.15) is 11.6 Å². The van der Waals surface area contributed by atoms with Crippen molar-refractivity contribution in [3.63, 3.8) is 0 Å². The van der Waals surface area contributed by atoms with Crippen molar-refractivity contribution in [2.45, 2.75) is 71.2 Å². The lowest BCUT2D eigenvalue weighted by atomic mass is 9.84. The molecule has 3 aromatic carbocycles. The van der Waals surface area contributed by atoms with E-state index in [0.717, 1.165) is 56.0 Å². The van der Waals surface area contributed by atoms with Crippen LogP contribution in [0.2, 0.25) is 0 Å². The molecule has 1 saturated heterocycles. The van der Waals surface area contributed by atoms with E-state index in [-0.39, 0.29) is 11.9 Å². The molecule has 40 heavy (non-hydrogen) atoms. The van der Waals surface area contributed by atoms with Gasteiger partial charge in [0, 0.05) is 37.1 Å². The van der Waals surface area contributed by atoms with Crippen molar-refractivity contribution in [1.82, 2.24) is 10.6 Å². The van der Waals surface area contributed by atoms with Gasteiger partial charge in [0.25, 0.3) is 5.91 Å². The summed E-state index contributed by atoms with van der Waals surface area (Å²) >= 11 is 0. The Bertz CT molecular complexity index is 1240. The quantitative estimate of drug-likeness (QED) is 0.335. The average Bonchev–Trinajstić information content (AvgIpc) is 3.38. The van der Waals surface area contributed by atoms with Crippen molar-refractivity contribution in [2.75, 3.05) is 19.8 Å². The van der Waals surface area contributed by atoms with E-state index >= 15 is 0 Å². The molecule has 0 radical (unpaired) electrons. The lowest BCUT2D eigenvalue weighted by Crippen LogP contribution is -2.40. The van der Waals surface area contributed by atoms with Gasteiger partial charge in [-0.2, -0.15) is 0 Å². The maximum absolute atomic E-state index is 13.0. The monoisotopic (exact) mass is 550 g/mol. The average molecular weight is 551 g/mol. The molecule has 1 unspecified atom stereocenters. The standard InChI is InChI=1S/C26H34N2O3.C7H6F2/c1-3-20-6-4-7-21(16-20)18-27-13-11-19(2)28-25(29)23-9-5-8-22-10-12-26(17-24(22)23)30-14-15-31-26;1-5-2-6(8)4-7(9)3-5/h4-9,16,19,27H,3,10-15,17-18H2,1-2H3,(H,28,29);2-4H,1H3. The van der Waals surface area contributed by atoms with E-state index in [1.54, 1.807) is 6.92 Å². The zero-order valence-electron chi connectivity index (χ0n) is 23.7. The fourth-order valence-electron chi connectivity index (χ4n) is 5.29. The summed E-state index contributed by atoms with van der Waals surface area (Å²) in [6.07, 6.45) is 4.33. The summed E-state index contributed by atoms with van der Waals surface area (Å²) in [6, 6.07) is 18.2. The molecule has 3 aromatic rings. The summed E-state index contributed by atoms with van der Waals surface area (Å²) in [5.74, 6) is -1.58. The second-order valence-corrected chi connectivity index (χ2v) is 10.7. The Morgan fingerprint density at radius 1 is 1.00 bits per heavy atom. The first kappa shape index (κ1) is 29.8. The van der Waals surface area contributed by atoms with Crippen LogP contribution < -0.4 is 10.6 Å². The minimum Gasteiger partial charge on any atom is -0.350 e. The van der Waals surface area contributed by atoms with Gasteiger partial charge in [0.05, 0.1) is 13.2 Å². The van der Waals surface area contributed by atoms with Crippen molar-refractivity contribution in [3.8, 4) is 0 Å². The van der Waals surface area contributed by atoms with Crippen molar-refractivity contribution in [2.24, 2.45) is 0 Å². The highest BCUT2D eigenvalue weighted by Gasteiger charge is 2.41. The molecule has 1 aliphatic heterocycles. The number of benzene rings is 3. The number of hydrogen-bond acceptors (Lipinski definition) is 4. The Kier molecular flexibility index (Phi) is 10.4. The predicted molar refractivity (Wildman–Crippen MR) is 153 cm³/mol. The Hall–Kier alpha value is -3.13. The van der Waals surface area contributed by atoms with Gasteiger partial charge in [-0.05, 0) is 85.7 Å². The summed E-state index contributed by atoms with van der Waals surface area (Å²) in [6.45, 7) is 8.86. The molecule has 1 spiro atoms. The number of rotatable bonds is 8. The summed E-state index contributed by atoms with van der Waals surface area (Å²) in [7, 11) is 0. The highest BCUT2D eigenvalue weighted by Crippen LogP contribution is 2.36. The second kappa shape index (κ2) is 14.0. The molecular weight excluding hydrogens is 510 g/mol. The molecule has 1 fully saturated rings. The zero-order valence-corrected chi connectivity index (χ0v) is 23.7. The van der Waals surface area contributed by atoms with Crippen LogP contribution in [-0.2, 0) is 35.3 Å². The first-order valence-electron chi connectivity index (χ1n) is 14.2. The van der Waals surface area contributed by atoms with Crippen molar-refractivity contribution in [1.29, 1.82) is 0 Å². The number of carbonyl (C=O) groups excluding carboxylic acids is 1. The smallest absolute Gasteiger partial charge is 0.251 e. The number of aryl methyl sites for hydroxylation is 3. The van der Waals surface area contributed by atoms with E-state index in [2.05, 4.69) is 54.8 Å². The van der Waals surface area contributed by atoms with Crippen LogP contribution in [0.3, 0.4) is 0 Å². The van der Waals surface area contributed by atoms with E-state index < -0.39 is 17.4 Å². The first-order valence-corrected chi connectivity index (χ1v) is 14.2. The topological polar surface area (TPSA) is 59.6 Å². The maximum atomic E-state index is 13.0. The highest BCUT2D eigenvalue weighted by molar-refractivity contribution is 5.96. The number of nitrogens with one attached hydrogen (secondary N) is 2. The third-order valence-corrected chi connectivity index (χ3v) is 7.42. The Labute approximate surface area is 236 Å².